The van der Waals surface area contributed by atoms with E-state index in [2.05, 4.69) is 15.9 Å². The number of nitrogens with one attached hydrogen (secondary N) is 1. The molecule has 0 aromatic heterocycles. The largest absolute Gasteiger partial charge is 0.429 e. The average Bonchev–Trinajstić information content (AvgIpc) is 3.02. The molecule has 1 saturated heterocycles. The summed E-state index contributed by atoms with van der Waals surface area (Å²) in [6.07, 6.45) is 2.37. The minimum atomic E-state index is -1.16. The van der Waals surface area contributed by atoms with Gasteiger partial charge in [0.15, 0.2) is 0 Å². The van der Waals surface area contributed by atoms with Crippen molar-refractivity contribution in [3.05, 3.63) is 38.4 Å². The molecule has 4 N–H and O–H groups in total. The first kappa shape index (κ1) is 25.2. The number of rotatable bonds is 10. The highest BCUT2D eigenvalue weighted by Crippen LogP contribution is 2.28. The molecule has 1 aliphatic rings. The molecule has 0 saturated carbocycles. The van der Waals surface area contributed by atoms with Gasteiger partial charge in [-0.25, -0.2) is 4.79 Å². The van der Waals surface area contributed by atoms with Crippen molar-refractivity contribution in [3.63, 3.8) is 0 Å². The number of unbranched alkanes of at least 4 members (excludes halogenated alkanes) is 3. The number of hydrogen-bond acceptors (Lipinski definition) is 10. The third kappa shape index (κ3) is 8.61. The number of non-ortho nitro benzene ring substituents is 1. The number of carbonyl (C=O) groups excluding carboxylic acids is 3. The molecule has 1 fully saturated rings. The van der Waals surface area contributed by atoms with Crippen molar-refractivity contribution >= 4 is 35.0 Å². The highest BCUT2D eigenvalue weighted by Gasteiger charge is 2.32. The number of nitro groups is 2. The summed E-state index contributed by atoms with van der Waals surface area (Å²) in [7, 11) is 0. The first-order valence-electron chi connectivity index (χ1n) is 9.28. The molecule has 0 radical (unpaired) electrons. The number of benzene rings is 1. The summed E-state index contributed by atoms with van der Waals surface area (Å²) in [5.74, 6) is -1.07. The van der Waals surface area contributed by atoms with Crippen molar-refractivity contribution in [2.24, 2.45) is 5.73 Å². The fraction of sp³-hybridized carbons (Fsp3) is 0.471. The third-order valence-electron chi connectivity index (χ3n) is 3.98. The van der Waals surface area contributed by atoms with Gasteiger partial charge in [-0.3, -0.25) is 29.8 Å². The Morgan fingerprint density at radius 1 is 1.10 bits per heavy atom. The number of nitrogens with two attached hydrogens (primary N) is 1. The lowest BCUT2D eigenvalue weighted by Gasteiger charge is -2.09. The van der Waals surface area contributed by atoms with E-state index in [9.17, 15) is 34.6 Å². The monoisotopic (exact) mass is 441 g/mol. The van der Waals surface area contributed by atoms with Crippen LogP contribution in [0, 0.1) is 20.2 Å². The van der Waals surface area contributed by atoms with Crippen LogP contribution in [0.1, 0.15) is 38.5 Å². The second-order valence-electron chi connectivity index (χ2n) is 6.27. The SMILES string of the molecule is NC(=O)ON1C(=O)CCC1=O.O=[N+]([O-])c1ccc(NCCCCCCO)c([N+](=O)[O-])c1. The van der Waals surface area contributed by atoms with Gasteiger partial charge in [-0.1, -0.05) is 12.8 Å². The van der Waals surface area contributed by atoms with Crippen LogP contribution in [0.25, 0.3) is 0 Å². The molecule has 1 aliphatic heterocycles. The van der Waals surface area contributed by atoms with Crippen LogP contribution in [-0.4, -0.2) is 51.1 Å². The number of primary amides is 1. The minimum absolute atomic E-state index is 0.0755. The van der Waals surface area contributed by atoms with Crippen LogP contribution in [0.15, 0.2) is 18.2 Å². The molecule has 0 unspecified atom stereocenters. The van der Waals surface area contributed by atoms with Gasteiger partial charge in [0.25, 0.3) is 23.2 Å². The van der Waals surface area contributed by atoms with Crippen molar-refractivity contribution in [2.45, 2.75) is 38.5 Å². The van der Waals surface area contributed by atoms with E-state index in [0.29, 0.717) is 11.6 Å². The Morgan fingerprint density at radius 3 is 2.23 bits per heavy atom. The van der Waals surface area contributed by atoms with Crippen LogP contribution >= 0.6 is 0 Å². The summed E-state index contributed by atoms with van der Waals surface area (Å²) in [5.41, 5.74) is 4.27. The van der Waals surface area contributed by atoms with E-state index < -0.39 is 27.8 Å². The van der Waals surface area contributed by atoms with Gasteiger partial charge in [0, 0.05) is 32.1 Å². The van der Waals surface area contributed by atoms with Gasteiger partial charge >= 0.3 is 6.09 Å². The molecular weight excluding hydrogens is 418 g/mol. The molecule has 14 nitrogen and oxygen atoms in total. The Morgan fingerprint density at radius 2 is 1.71 bits per heavy atom. The molecule has 1 heterocycles. The summed E-state index contributed by atoms with van der Waals surface area (Å²) >= 11 is 0. The van der Waals surface area contributed by atoms with Crippen LogP contribution in [0.2, 0.25) is 0 Å². The fourth-order valence-corrected chi connectivity index (χ4v) is 2.50. The van der Waals surface area contributed by atoms with E-state index in [1.165, 1.54) is 12.1 Å². The zero-order valence-electron chi connectivity index (χ0n) is 16.5. The highest BCUT2D eigenvalue weighted by atomic mass is 16.7. The maximum atomic E-state index is 10.9. The molecule has 0 atom stereocenters. The second kappa shape index (κ2) is 12.7. The quantitative estimate of drug-likeness (QED) is 0.207. The van der Waals surface area contributed by atoms with Crippen molar-refractivity contribution in [2.75, 3.05) is 18.5 Å². The number of carbonyl (C=O) groups is 3. The summed E-state index contributed by atoms with van der Waals surface area (Å²) in [6.45, 7) is 0.714. The lowest BCUT2D eigenvalue weighted by atomic mass is 10.2. The normalized spacial score (nSPS) is 12.7. The van der Waals surface area contributed by atoms with E-state index in [0.717, 1.165) is 31.7 Å². The Labute approximate surface area is 176 Å². The van der Waals surface area contributed by atoms with Crippen molar-refractivity contribution in [1.29, 1.82) is 0 Å². The summed E-state index contributed by atoms with van der Waals surface area (Å²) in [4.78, 5) is 55.8. The van der Waals surface area contributed by atoms with Crippen LogP contribution in [0.5, 0.6) is 0 Å². The number of nitrogens with zero attached hydrogens (tertiary/aromatic N) is 3. The zero-order valence-corrected chi connectivity index (χ0v) is 16.5. The number of amides is 3. The Hall–Kier alpha value is -3.81. The summed E-state index contributed by atoms with van der Waals surface area (Å²) in [6, 6.07) is 3.54. The van der Waals surface area contributed by atoms with Crippen LogP contribution in [0.3, 0.4) is 0 Å². The van der Waals surface area contributed by atoms with Gasteiger partial charge < -0.3 is 21.0 Å². The number of hydroxylamine groups is 2. The van der Waals surface area contributed by atoms with Gasteiger partial charge in [0.1, 0.15) is 5.69 Å². The molecule has 170 valence electrons. The number of anilines is 1. The number of hydrogen-bond donors (Lipinski definition) is 3. The van der Waals surface area contributed by atoms with E-state index >= 15 is 0 Å². The van der Waals surface area contributed by atoms with Gasteiger partial charge in [0.2, 0.25) is 0 Å². The smallest absolute Gasteiger partial charge is 0.396 e. The van der Waals surface area contributed by atoms with Crippen molar-refractivity contribution in [3.8, 4) is 0 Å². The van der Waals surface area contributed by atoms with Crippen LogP contribution < -0.4 is 11.1 Å². The number of aliphatic hydroxyl groups is 1. The molecule has 1 aromatic rings. The molecule has 0 spiro atoms. The molecule has 0 aliphatic carbocycles. The van der Waals surface area contributed by atoms with Gasteiger partial charge in [-0.15, -0.1) is 5.06 Å². The second-order valence-corrected chi connectivity index (χ2v) is 6.27. The maximum absolute atomic E-state index is 10.9. The first-order chi connectivity index (χ1) is 14.7. The Kier molecular flexibility index (Phi) is 10.3. The fourth-order valence-electron chi connectivity index (χ4n) is 2.50. The molecule has 14 heteroatoms. The van der Waals surface area contributed by atoms with Gasteiger partial charge in [0.05, 0.1) is 15.9 Å². The Balaban J connectivity index is 0.000000367. The number of imide groups is 1. The van der Waals surface area contributed by atoms with Crippen LogP contribution in [-0.2, 0) is 14.4 Å². The molecule has 0 bridgehead atoms. The standard InChI is InChI=1S/C12H17N3O5.C5H6N2O4/c16-8-4-2-1-3-7-13-11-6-5-10(14(17)18)9-12(11)15(19)20;6-5(10)11-7-3(8)1-2-4(7)9/h5-6,9,13,16H,1-4,7-8H2;1-2H2,(H2,6,10). The molecule has 31 heavy (non-hydrogen) atoms. The molecule has 1 aromatic carbocycles. The van der Waals surface area contributed by atoms with E-state index in [-0.39, 0.29) is 36.5 Å². The Bertz CT molecular complexity index is 814. The summed E-state index contributed by atoms with van der Waals surface area (Å²) in [5, 5.41) is 33.4. The predicted octanol–water partition coefficient (Wildman–Crippen LogP) is 1.61. The average molecular weight is 441 g/mol. The van der Waals surface area contributed by atoms with E-state index in [1.54, 1.807) is 0 Å². The third-order valence-corrected chi connectivity index (χ3v) is 3.98. The van der Waals surface area contributed by atoms with Crippen molar-refractivity contribution < 1.29 is 34.2 Å². The molecule has 3 amide bonds. The minimum Gasteiger partial charge on any atom is -0.396 e. The lowest BCUT2D eigenvalue weighted by Crippen LogP contribution is -2.34. The maximum Gasteiger partial charge on any atom is 0.429 e. The lowest BCUT2D eigenvalue weighted by molar-refractivity contribution is -0.393. The zero-order chi connectivity index (χ0) is 23.4. The predicted molar refractivity (Wildman–Crippen MR) is 106 cm³/mol. The first-order valence-corrected chi connectivity index (χ1v) is 9.28. The van der Waals surface area contributed by atoms with Crippen LogP contribution in [0.4, 0.5) is 21.9 Å². The number of nitro benzene ring substituents is 2. The topological polar surface area (TPSA) is 208 Å². The number of aliphatic hydroxyl groups excluding tert-OH is 1. The van der Waals surface area contributed by atoms with Crippen molar-refractivity contribution in [1.82, 2.24) is 5.06 Å². The van der Waals surface area contributed by atoms with Gasteiger partial charge in [-0.05, 0) is 18.9 Å². The molecule has 2 rings (SSSR count). The molecular formula is C17H23N5O9. The van der Waals surface area contributed by atoms with E-state index in [4.69, 9.17) is 5.11 Å². The van der Waals surface area contributed by atoms with E-state index in [1.807, 2.05) is 0 Å². The van der Waals surface area contributed by atoms with Gasteiger partial charge in [-0.2, -0.15) is 0 Å². The summed E-state index contributed by atoms with van der Waals surface area (Å²) < 4.78 is 0. The highest BCUT2D eigenvalue weighted by molar-refractivity contribution is 6.01.